The normalized spacial score (nSPS) is 19.8. The van der Waals surface area contributed by atoms with Crippen LogP contribution in [0.3, 0.4) is 0 Å². The molecule has 0 rings (SSSR count). The highest BCUT2D eigenvalue weighted by Gasteiger charge is 2.32. The van der Waals surface area contributed by atoms with Gasteiger partial charge in [0, 0.05) is 0 Å². The number of carbonyl (C=O) groups is 1. The van der Waals surface area contributed by atoms with Crippen molar-refractivity contribution < 1.29 is 38.2 Å². The Bertz CT molecular complexity index is 316. The number of aliphatic hydroxyl groups is 4. The van der Waals surface area contributed by atoms with Crippen molar-refractivity contribution in [1.82, 2.24) is 4.72 Å². The van der Waals surface area contributed by atoms with Gasteiger partial charge in [-0.1, -0.05) is 0 Å². The molecule has 0 bridgehead atoms. The van der Waals surface area contributed by atoms with Crippen molar-refractivity contribution in [1.29, 1.82) is 0 Å². The Hall–Kier alpha value is -0.620. The van der Waals surface area contributed by atoms with Crippen LogP contribution in [0.5, 0.6) is 0 Å². The highest BCUT2D eigenvalue weighted by atomic mass is 32.2. The van der Waals surface area contributed by atoms with Gasteiger partial charge in [-0.2, -0.15) is 13.1 Å². The monoisotopic (exact) mass is 259 g/mol. The summed E-state index contributed by atoms with van der Waals surface area (Å²) in [6, 6.07) is -1.84. The summed E-state index contributed by atoms with van der Waals surface area (Å²) in [6.07, 6.45) is -5.79. The molecule has 16 heavy (non-hydrogen) atoms. The third kappa shape index (κ3) is 4.94. The van der Waals surface area contributed by atoms with Crippen LogP contribution in [0.15, 0.2) is 0 Å². The first kappa shape index (κ1) is 15.4. The lowest BCUT2D eigenvalue weighted by atomic mass is 10.0. The van der Waals surface area contributed by atoms with E-state index in [2.05, 4.69) is 0 Å². The summed E-state index contributed by atoms with van der Waals surface area (Å²) in [5, 5.41) is 35.8. The third-order valence-electron chi connectivity index (χ3n) is 1.73. The second-order valence-electron chi connectivity index (χ2n) is 2.99. The van der Waals surface area contributed by atoms with Gasteiger partial charge in [-0.25, -0.2) is 0 Å². The summed E-state index contributed by atoms with van der Waals surface area (Å²) in [7, 11) is -4.74. The third-order valence-corrected chi connectivity index (χ3v) is 2.30. The molecule has 9 nitrogen and oxygen atoms in total. The van der Waals surface area contributed by atoms with Crippen LogP contribution >= 0.6 is 0 Å². The van der Waals surface area contributed by atoms with Gasteiger partial charge in [-0.3, -0.25) is 4.55 Å². The number of aldehydes is 1. The van der Waals surface area contributed by atoms with Crippen molar-refractivity contribution in [2.24, 2.45) is 0 Å². The van der Waals surface area contributed by atoms with E-state index < -0.39 is 41.3 Å². The van der Waals surface area contributed by atoms with Crippen LogP contribution in [0.25, 0.3) is 0 Å². The lowest BCUT2D eigenvalue weighted by Gasteiger charge is -2.25. The van der Waals surface area contributed by atoms with Crippen molar-refractivity contribution in [3.63, 3.8) is 0 Å². The van der Waals surface area contributed by atoms with Crippen molar-refractivity contribution in [2.75, 3.05) is 6.61 Å². The fourth-order valence-corrected chi connectivity index (χ4v) is 1.44. The SMILES string of the molecule is O=C[C@@H](NS(=O)(=O)O)[C@@H](O)[C@H](O)[C@H](O)CO. The van der Waals surface area contributed by atoms with Crippen LogP contribution in [0, 0.1) is 0 Å². The van der Waals surface area contributed by atoms with Crippen LogP contribution in [0.2, 0.25) is 0 Å². The molecule has 0 aliphatic heterocycles. The molecule has 96 valence electrons. The van der Waals surface area contributed by atoms with E-state index >= 15 is 0 Å². The topological polar surface area (TPSA) is 164 Å². The molecule has 0 aliphatic carbocycles. The molecule has 0 saturated carbocycles. The van der Waals surface area contributed by atoms with E-state index in [0.29, 0.717) is 0 Å². The molecule has 4 atom stereocenters. The molecule has 0 aliphatic rings. The maximum absolute atomic E-state index is 10.4. The van der Waals surface area contributed by atoms with Gasteiger partial charge in [0.2, 0.25) is 0 Å². The Labute approximate surface area is 91.2 Å². The first-order chi connectivity index (χ1) is 7.22. The lowest BCUT2D eigenvalue weighted by Crippen LogP contribution is -2.53. The molecule has 0 fully saturated rings. The molecule has 6 N–H and O–H groups in total. The molecule has 10 heteroatoms. The zero-order chi connectivity index (χ0) is 12.9. The van der Waals surface area contributed by atoms with E-state index in [-0.39, 0.29) is 6.29 Å². The molecule has 0 amide bonds. The molecule has 0 heterocycles. The Morgan fingerprint density at radius 2 is 1.69 bits per heavy atom. The molecule has 0 saturated heterocycles. The Kier molecular flexibility index (Phi) is 5.96. The number of carbonyl (C=O) groups excluding carboxylic acids is 1. The van der Waals surface area contributed by atoms with E-state index in [1.54, 1.807) is 0 Å². The van der Waals surface area contributed by atoms with Gasteiger partial charge in [-0.15, -0.1) is 0 Å². The standard InChI is InChI=1S/C6H13NO8S/c8-1-3(7-16(13,14)15)5(11)6(12)4(10)2-9/h1,3-7,9-12H,2H2,(H,13,14,15)/t3-,4-,5-,6-/m1/s1. The summed E-state index contributed by atoms with van der Waals surface area (Å²) in [5.74, 6) is 0. The molecule has 0 aromatic rings. The summed E-state index contributed by atoms with van der Waals surface area (Å²) in [6.45, 7) is -0.893. The van der Waals surface area contributed by atoms with Gasteiger partial charge < -0.3 is 25.2 Å². The first-order valence-electron chi connectivity index (χ1n) is 4.08. The van der Waals surface area contributed by atoms with Crippen LogP contribution in [0.1, 0.15) is 0 Å². The summed E-state index contributed by atoms with van der Waals surface area (Å²) in [4.78, 5) is 10.4. The minimum Gasteiger partial charge on any atom is -0.394 e. The minimum absolute atomic E-state index is 0.0776. The van der Waals surface area contributed by atoms with E-state index in [1.165, 1.54) is 4.72 Å². The fraction of sp³-hybridized carbons (Fsp3) is 0.833. The van der Waals surface area contributed by atoms with E-state index in [0.717, 1.165) is 0 Å². The van der Waals surface area contributed by atoms with E-state index in [1.807, 2.05) is 0 Å². The van der Waals surface area contributed by atoms with Crippen molar-refractivity contribution in [3.05, 3.63) is 0 Å². The van der Waals surface area contributed by atoms with E-state index in [4.69, 9.17) is 19.9 Å². The van der Waals surface area contributed by atoms with Gasteiger partial charge >= 0.3 is 10.3 Å². The average Bonchev–Trinajstić information content (AvgIpc) is 2.21. The predicted molar refractivity (Wildman–Crippen MR) is 49.6 cm³/mol. The smallest absolute Gasteiger partial charge is 0.334 e. The van der Waals surface area contributed by atoms with Gasteiger partial charge in [0.05, 0.1) is 6.61 Å². The second kappa shape index (κ2) is 6.20. The quantitative estimate of drug-likeness (QED) is 0.199. The Morgan fingerprint density at radius 3 is 2.00 bits per heavy atom. The molecule has 0 radical (unpaired) electrons. The molecule has 0 unspecified atom stereocenters. The highest BCUT2D eigenvalue weighted by Crippen LogP contribution is 2.04. The maximum atomic E-state index is 10.4. The number of nitrogens with one attached hydrogen (secondary N) is 1. The molecule has 0 aromatic heterocycles. The largest absolute Gasteiger partial charge is 0.394 e. The maximum Gasteiger partial charge on any atom is 0.334 e. The first-order valence-corrected chi connectivity index (χ1v) is 5.52. The minimum atomic E-state index is -4.74. The van der Waals surface area contributed by atoms with Crippen LogP contribution < -0.4 is 4.72 Å². The van der Waals surface area contributed by atoms with Crippen molar-refractivity contribution in [3.8, 4) is 0 Å². The number of hydrogen-bond donors (Lipinski definition) is 6. The molecule has 0 spiro atoms. The Balaban J connectivity index is 4.65. The zero-order valence-electron chi connectivity index (χ0n) is 7.96. The zero-order valence-corrected chi connectivity index (χ0v) is 8.78. The fourth-order valence-electron chi connectivity index (χ4n) is 0.898. The van der Waals surface area contributed by atoms with Gasteiger partial charge in [0.15, 0.2) is 0 Å². The summed E-state index contributed by atoms with van der Waals surface area (Å²) >= 11 is 0. The summed E-state index contributed by atoms with van der Waals surface area (Å²) < 4.78 is 30.4. The lowest BCUT2D eigenvalue weighted by molar-refractivity contribution is -0.119. The molecular weight excluding hydrogens is 246 g/mol. The van der Waals surface area contributed by atoms with Gasteiger partial charge in [-0.05, 0) is 0 Å². The van der Waals surface area contributed by atoms with E-state index in [9.17, 15) is 18.3 Å². The number of aliphatic hydroxyl groups excluding tert-OH is 4. The van der Waals surface area contributed by atoms with Crippen LogP contribution in [-0.4, -0.2) is 70.6 Å². The second-order valence-corrected chi connectivity index (χ2v) is 4.17. The van der Waals surface area contributed by atoms with Crippen molar-refractivity contribution >= 4 is 16.6 Å². The van der Waals surface area contributed by atoms with Gasteiger partial charge in [0.25, 0.3) is 0 Å². The summed E-state index contributed by atoms with van der Waals surface area (Å²) in [5.41, 5.74) is 0. The Morgan fingerprint density at radius 1 is 1.19 bits per heavy atom. The predicted octanol–water partition coefficient (Wildman–Crippen LogP) is -3.98. The van der Waals surface area contributed by atoms with Crippen LogP contribution in [0.4, 0.5) is 0 Å². The number of rotatable bonds is 7. The average molecular weight is 259 g/mol. The highest BCUT2D eigenvalue weighted by molar-refractivity contribution is 7.83. The molecular formula is C6H13NO8S. The number of hydrogen-bond acceptors (Lipinski definition) is 7. The van der Waals surface area contributed by atoms with Crippen LogP contribution in [-0.2, 0) is 15.1 Å². The molecule has 0 aromatic carbocycles. The van der Waals surface area contributed by atoms with Crippen molar-refractivity contribution in [2.45, 2.75) is 24.4 Å². The van der Waals surface area contributed by atoms with Gasteiger partial charge in [0.1, 0.15) is 30.6 Å².